The second-order valence-electron chi connectivity index (χ2n) is 7.95. The van der Waals surface area contributed by atoms with E-state index in [1.807, 2.05) is 41.3 Å². The Morgan fingerprint density at radius 2 is 1.67 bits per heavy atom. The summed E-state index contributed by atoms with van der Waals surface area (Å²) in [7, 11) is 0. The van der Waals surface area contributed by atoms with Crippen molar-refractivity contribution in [3.05, 3.63) is 70.8 Å². The van der Waals surface area contributed by atoms with Gasteiger partial charge < -0.3 is 10.2 Å². The fraction of sp³-hybridized carbons (Fsp3) is 0.391. The molecule has 4 heteroatoms. The first-order chi connectivity index (χ1) is 13.2. The molecule has 3 aliphatic rings. The van der Waals surface area contributed by atoms with Crippen LogP contribution >= 0.6 is 0 Å². The summed E-state index contributed by atoms with van der Waals surface area (Å²) < 4.78 is 0. The number of fused-ring (bicyclic) bond motifs is 4. The van der Waals surface area contributed by atoms with E-state index >= 15 is 0 Å². The molecule has 1 fully saturated rings. The van der Waals surface area contributed by atoms with Crippen LogP contribution in [0, 0.1) is 0 Å². The molecular formula is C23H24N2O2. The van der Waals surface area contributed by atoms with Gasteiger partial charge in [0.15, 0.2) is 0 Å². The van der Waals surface area contributed by atoms with E-state index in [0.717, 1.165) is 30.4 Å². The third-order valence-electron chi connectivity index (χ3n) is 6.42. The number of nitrogens with one attached hydrogen (secondary N) is 1. The highest BCUT2D eigenvalue weighted by atomic mass is 16.2. The molecule has 0 spiro atoms. The number of rotatable bonds is 2. The predicted molar refractivity (Wildman–Crippen MR) is 104 cm³/mol. The van der Waals surface area contributed by atoms with E-state index < -0.39 is 0 Å². The SMILES string of the molecule is O=C(NC1CCCC1)C1c2ccccc2C(=O)N2CCc3ccccc3C12. The number of hydrogen-bond acceptors (Lipinski definition) is 2. The summed E-state index contributed by atoms with van der Waals surface area (Å²) in [4.78, 5) is 28.5. The number of hydrogen-bond donors (Lipinski definition) is 1. The van der Waals surface area contributed by atoms with Crippen LogP contribution in [0.15, 0.2) is 48.5 Å². The Morgan fingerprint density at radius 3 is 2.48 bits per heavy atom. The average Bonchev–Trinajstić information content (AvgIpc) is 3.21. The molecule has 0 bridgehead atoms. The van der Waals surface area contributed by atoms with Gasteiger partial charge in [-0.1, -0.05) is 55.3 Å². The van der Waals surface area contributed by atoms with Gasteiger partial charge in [-0.15, -0.1) is 0 Å². The Balaban J connectivity index is 1.62. The molecule has 138 valence electrons. The zero-order chi connectivity index (χ0) is 18.4. The molecule has 2 heterocycles. The topological polar surface area (TPSA) is 49.4 Å². The molecule has 2 amide bonds. The zero-order valence-electron chi connectivity index (χ0n) is 15.4. The summed E-state index contributed by atoms with van der Waals surface area (Å²) in [5.41, 5.74) is 3.93. The number of carbonyl (C=O) groups is 2. The van der Waals surface area contributed by atoms with Gasteiger partial charge in [-0.3, -0.25) is 9.59 Å². The quantitative estimate of drug-likeness (QED) is 0.890. The first-order valence-electron chi connectivity index (χ1n) is 10.0. The van der Waals surface area contributed by atoms with E-state index in [2.05, 4.69) is 17.4 Å². The van der Waals surface area contributed by atoms with Crippen molar-refractivity contribution < 1.29 is 9.59 Å². The van der Waals surface area contributed by atoms with Crippen molar-refractivity contribution in [1.29, 1.82) is 0 Å². The third-order valence-corrected chi connectivity index (χ3v) is 6.42. The first kappa shape index (κ1) is 16.5. The molecule has 5 rings (SSSR count). The van der Waals surface area contributed by atoms with Crippen molar-refractivity contribution in [2.24, 2.45) is 0 Å². The summed E-state index contributed by atoms with van der Waals surface area (Å²) in [6, 6.07) is 16.0. The molecule has 2 atom stereocenters. The molecule has 2 aromatic carbocycles. The number of nitrogens with zero attached hydrogens (tertiary/aromatic N) is 1. The summed E-state index contributed by atoms with van der Waals surface area (Å²) in [5.74, 6) is -0.232. The molecule has 2 aliphatic heterocycles. The fourth-order valence-electron chi connectivity index (χ4n) is 5.12. The van der Waals surface area contributed by atoms with Gasteiger partial charge in [0, 0.05) is 18.2 Å². The van der Waals surface area contributed by atoms with Crippen LogP contribution in [0.5, 0.6) is 0 Å². The maximum absolute atomic E-state index is 13.4. The number of amides is 2. The largest absolute Gasteiger partial charge is 0.353 e. The van der Waals surface area contributed by atoms with Gasteiger partial charge in [0.1, 0.15) is 0 Å². The molecule has 4 nitrogen and oxygen atoms in total. The standard InChI is InChI=1S/C23H24N2O2/c26-22(24-16-8-2-3-9-16)20-18-11-5-6-12-19(18)23(27)25-14-13-15-7-1-4-10-17(15)21(20)25/h1,4-7,10-12,16,20-21H,2-3,8-9,13-14H2,(H,24,26). The van der Waals surface area contributed by atoms with Gasteiger partial charge in [-0.2, -0.15) is 0 Å². The molecule has 1 N–H and O–H groups in total. The summed E-state index contributed by atoms with van der Waals surface area (Å²) in [5, 5.41) is 3.29. The lowest BCUT2D eigenvalue weighted by molar-refractivity contribution is -0.125. The van der Waals surface area contributed by atoms with Crippen LogP contribution in [0.1, 0.15) is 64.7 Å². The minimum Gasteiger partial charge on any atom is -0.353 e. The van der Waals surface area contributed by atoms with Gasteiger partial charge in [0.25, 0.3) is 5.91 Å². The van der Waals surface area contributed by atoms with Gasteiger partial charge >= 0.3 is 0 Å². The Labute approximate surface area is 159 Å². The van der Waals surface area contributed by atoms with Crippen molar-refractivity contribution in [3.63, 3.8) is 0 Å². The maximum atomic E-state index is 13.4. The van der Waals surface area contributed by atoms with E-state index in [9.17, 15) is 9.59 Å². The van der Waals surface area contributed by atoms with E-state index in [4.69, 9.17) is 0 Å². The van der Waals surface area contributed by atoms with E-state index in [-0.39, 0.29) is 29.8 Å². The van der Waals surface area contributed by atoms with Gasteiger partial charge in [0.05, 0.1) is 12.0 Å². The van der Waals surface area contributed by atoms with Gasteiger partial charge in [0.2, 0.25) is 5.91 Å². The Kier molecular flexibility index (Phi) is 4.00. The highest BCUT2D eigenvalue weighted by Crippen LogP contribution is 2.46. The smallest absolute Gasteiger partial charge is 0.254 e. The van der Waals surface area contributed by atoms with E-state index in [0.29, 0.717) is 12.1 Å². The minimum atomic E-state index is -0.346. The second kappa shape index (κ2) is 6.52. The van der Waals surface area contributed by atoms with Crippen molar-refractivity contribution >= 4 is 11.8 Å². The molecule has 0 radical (unpaired) electrons. The fourth-order valence-corrected chi connectivity index (χ4v) is 5.12. The molecule has 0 aromatic heterocycles. The molecule has 27 heavy (non-hydrogen) atoms. The number of benzene rings is 2. The Bertz CT molecular complexity index is 901. The van der Waals surface area contributed by atoms with Crippen LogP contribution in [0.4, 0.5) is 0 Å². The summed E-state index contributed by atoms with van der Waals surface area (Å²) in [6.45, 7) is 0.669. The lowest BCUT2D eigenvalue weighted by Gasteiger charge is -2.45. The Hall–Kier alpha value is -2.62. The molecule has 1 aliphatic carbocycles. The molecule has 2 aromatic rings. The monoisotopic (exact) mass is 360 g/mol. The molecule has 1 saturated carbocycles. The van der Waals surface area contributed by atoms with Crippen molar-refractivity contribution in [1.82, 2.24) is 10.2 Å². The summed E-state index contributed by atoms with van der Waals surface area (Å²) >= 11 is 0. The summed E-state index contributed by atoms with van der Waals surface area (Å²) in [6.07, 6.45) is 5.33. The van der Waals surface area contributed by atoms with Crippen molar-refractivity contribution in [2.45, 2.75) is 50.1 Å². The highest BCUT2D eigenvalue weighted by Gasteiger charge is 2.46. The zero-order valence-corrected chi connectivity index (χ0v) is 15.4. The minimum absolute atomic E-state index is 0.0509. The van der Waals surface area contributed by atoms with Crippen LogP contribution in [-0.4, -0.2) is 29.3 Å². The lowest BCUT2D eigenvalue weighted by Crippen LogP contribution is -2.51. The average molecular weight is 360 g/mol. The van der Waals surface area contributed by atoms with Crippen LogP contribution in [-0.2, 0) is 11.2 Å². The normalized spacial score (nSPS) is 24.1. The van der Waals surface area contributed by atoms with Gasteiger partial charge in [-0.05, 0) is 42.0 Å². The molecule has 0 saturated heterocycles. The van der Waals surface area contributed by atoms with E-state index in [1.165, 1.54) is 18.4 Å². The first-order valence-corrected chi connectivity index (χ1v) is 10.0. The number of carbonyl (C=O) groups excluding carboxylic acids is 2. The van der Waals surface area contributed by atoms with Crippen LogP contribution in [0.25, 0.3) is 0 Å². The molecule has 2 unspecified atom stereocenters. The molecular weight excluding hydrogens is 336 g/mol. The van der Waals surface area contributed by atoms with E-state index in [1.54, 1.807) is 0 Å². The predicted octanol–water partition coefficient (Wildman–Crippen LogP) is 3.58. The van der Waals surface area contributed by atoms with Crippen molar-refractivity contribution in [2.75, 3.05) is 6.54 Å². The van der Waals surface area contributed by atoms with Crippen LogP contribution in [0.2, 0.25) is 0 Å². The van der Waals surface area contributed by atoms with Crippen LogP contribution in [0.3, 0.4) is 0 Å². The second-order valence-corrected chi connectivity index (χ2v) is 7.95. The Morgan fingerprint density at radius 1 is 0.963 bits per heavy atom. The third kappa shape index (κ3) is 2.66. The highest BCUT2D eigenvalue weighted by molar-refractivity contribution is 6.01. The van der Waals surface area contributed by atoms with Crippen LogP contribution < -0.4 is 5.32 Å². The van der Waals surface area contributed by atoms with Gasteiger partial charge in [-0.25, -0.2) is 0 Å². The van der Waals surface area contributed by atoms with Crippen molar-refractivity contribution in [3.8, 4) is 0 Å². The lowest BCUT2D eigenvalue weighted by atomic mass is 9.75. The maximum Gasteiger partial charge on any atom is 0.254 e.